The number of hydrogen-bond acceptors (Lipinski definition) is 4. The van der Waals surface area contributed by atoms with Gasteiger partial charge in [0.1, 0.15) is 0 Å². The van der Waals surface area contributed by atoms with Crippen molar-refractivity contribution in [1.82, 2.24) is 5.32 Å². The molecule has 1 aliphatic carbocycles. The van der Waals surface area contributed by atoms with Gasteiger partial charge in [-0.3, -0.25) is 4.99 Å². The molecule has 1 spiro atoms. The van der Waals surface area contributed by atoms with Crippen molar-refractivity contribution >= 4 is 16.9 Å². The monoisotopic (exact) mass is 270 g/mol. The highest BCUT2D eigenvalue weighted by Gasteiger charge is 2.34. The first-order chi connectivity index (χ1) is 8.85. The lowest BCUT2D eigenvalue weighted by Crippen LogP contribution is -2.37. The number of thioether (sulfide) groups is 1. The van der Waals surface area contributed by atoms with Gasteiger partial charge in [0.05, 0.1) is 0 Å². The van der Waals surface area contributed by atoms with Crippen LogP contribution in [0, 0.1) is 5.41 Å². The highest BCUT2D eigenvalue weighted by atomic mass is 32.2. The summed E-state index contributed by atoms with van der Waals surface area (Å²) in [5.74, 6) is 1.27. The van der Waals surface area contributed by atoms with Gasteiger partial charge < -0.3 is 10.1 Å². The van der Waals surface area contributed by atoms with E-state index in [1.807, 2.05) is 18.7 Å². The van der Waals surface area contributed by atoms with Crippen LogP contribution in [-0.2, 0) is 4.74 Å². The van der Waals surface area contributed by atoms with Crippen LogP contribution in [0.1, 0.15) is 45.4 Å². The largest absolute Gasteiger partial charge is 0.382 e. The van der Waals surface area contributed by atoms with Crippen LogP contribution in [-0.4, -0.2) is 37.2 Å². The van der Waals surface area contributed by atoms with Gasteiger partial charge in [-0.15, -0.1) is 0 Å². The molecule has 0 aromatic carbocycles. The lowest BCUT2D eigenvalue weighted by atomic mass is 9.75. The zero-order valence-electron chi connectivity index (χ0n) is 11.5. The Morgan fingerprint density at radius 3 is 2.83 bits per heavy atom. The molecule has 0 aromatic rings. The summed E-state index contributed by atoms with van der Waals surface area (Å²) in [7, 11) is 0. The Hall–Kier alpha value is -0.220. The molecule has 1 fully saturated rings. The number of amidine groups is 1. The fourth-order valence-electron chi connectivity index (χ4n) is 2.78. The number of nitrogens with one attached hydrogen (secondary N) is 1. The SMILES string of the molecule is CCOCCCNC1=NCC2(CCCCC2)CS1. The van der Waals surface area contributed by atoms with Crippen LogP contribution in [0.5, 0.6) is 0 Å². The van der Waals surface area contributed by atoms with E-state index in [1.165, 1.54) is 37.9 Å². The second-order valence-corrected chi connectivity index (χ2v) is 6.41. The van der Waals surface area contributed by atoms with Gasteiger partial charge in [0.15, 0.2) is 5.17 Å². The Balaban J connectivity index is 1.66. The van der Waals surface area contributed by atoms with Gasteiger partial charge in [-0.2, -0.15) is 0 Å². The van der Waals surface area contributed by atoms with E-state index in [2.05, 4.69) is 5.32 Å². The van der Waals surface area contributed by atoms with Crippen molar-refractivity contribution < 1.29 is 4.74 Å². The van der Waals surface area contributed by atoms with E-state index < -0.39 is 0 Å². The topological polar surface area (TPSA) is 33.6 Å². The van der Waals surface area contributed by atoms with E-state index in [0.29, 0.717) is 5.41 Å². The molecule has 104 valence electrons. The summed E-state index contributed by atoms with van der Waals surface area (Å²) in [6.07, 6.45) is 8.10. The molecule has 18 heavy (non-hydrogen) atoms. The van der Waals surface area contributed by atoms with Gasteiger partial charge in [-0.1, -0.05) is 31.0 Å². The number of rotatable bonds is 5. The molecule has 1 saturated carbocycles. The first kappa shape index (κ1) is 14.2. The third-order valence-corrected chi connectivity index (χ3v) is 5.24. The van der Waals surface area contributed by atoms with Crippen LogP contribution in [0.4, 0.5) is 0 Å². The summed E-state index contributed by atoms with van der Waals surface area (Å²) >= 11 is 1.93. The Kier molecular flexibility index (Phi) is 5.83. The molecule has 1 aliphatic heterocycles. The highest BCUT2D eigenvalue weighted by Crippen LogP contribution is 2.41. The smallest absolute Gasteiger partial charge is 0.156 e. The van der Waals surface area contributed by atoms with Crippen molar-refractivity contribution in [2.75, 3.05) is 32.1 Å². The predicted octanol–water partition coefficient (Wildman–Crippen LogP) is 3.06. The average Bonchev–Trinajstić information content (AvgIpc) is 2.42. The molecule has 0 aromatic heterocycles. The maximum Gasteiger partial charge on any atom is 0.156 e. The van der Waals surface area contributed by atoms with Crippen LogP contribution >= 0.6 is 11.8 Å². The summed E-state index contributed by atoms with van der Waals surface area (Å²) in [5, 5.41) is 4.59. The Morgan fingerprint density at radius 1 is 1.33 bits per heavy atom. The minimum absolute atomic E-state index is 0.541. The molecule has 1 heterocycles. The van der Waals surface area contributed by atoms with E-state index in [0.717, 1.165) is 37.9 Å². The summed E-state index contributed by atoms with van der Waals surface area (Å²) in [6, 6.07) is 0. The second-order valence-electron chi connectivity index (χ2n) is 5.45. The molecule has 2 rings (SSSR count). The van der Waals surface area contributed by atoms with Gasteiger partial charge in [-0.25, -0.2) is 0 Å². The van der Waals surface area contributed by atoms with Crippen LogP contribution in [0.25, 0.3) is 0 Å². The van der Waals surface area contributed by atoms with Crippen molar-refractivity contribution in [3.63, 3.8) is 0 Å². The lowest BCUT2D eigenvalue weighted by molar-refractivity contribution is 0.146. The maximum atomic E-state index is 5.33. The first-order valence-corrected chi connectivity index (χ1v) is 8.32. The molecule has 0 saturated heterocycles. The average molecular weight is 270 g/mol. The van der Waals surface area contributed by atoms with Crippen molar-refractivity contribution in [1.29, 1.82) is 0 Å². The Morgan fingerprint density at radius 2 is 2.17 bits per heavy atom. The molecule has 4 heteroatoms. The van der Waals surface area contributed by atoms with Crippen molar-refractivity contribution in [3.8, 4) is 0 Å². The van der Waals surface area contributed by atoms with E-state index in [-0.39, 0.29) is 0 Å². The molecule has 1 N–H and O–H groups in total. The zero-order valence-corrected chi connectivity index (χ0v) is 12.4. The molecule has 0 bridgehead atoms. The standard InChI is InChI=1S/C14H26N2OS/c1-2-17-10-6-9-15-13-16-11-14(12-18-13)7-4-3-5-8-14/h2-12H2,1H3,(H,15,16). The number of hydrogen-bond donors (Lipinski definition) is 1. The normalized spacial score (nSPS) is 22.8. The molecule has 0 unspecified atom stereocenters. The third-order valence-electron chi connectivity index (χ3n) is 3.93. The minimum Gasteiger partial charge on any atom is -0.382 e. The van der Waals surface area contributed by atoms with Crippen molar-refractivity contribution in [2.45, 2.75) is 45.4 Å². The van der Waals surface area contributed by atoms with E-state index in [1.54, 1.807) is 0 Å². The number of aliphatic imine (C=N–C) groups is 1. The quantitative estimate of drug-likeness (QED) is 0.780. The molecule has 3 nitrogen and oxygen atoms in total. The summed E-state index contributed by atoms with van der Waals surface area (Å²) in [6.45, 7) is 5.74. The maximum absolute atomic E-state index is 5.33. The van der Waals surface area contributed by atoms with Gasteiger partial charge >= 0.3 is 0 Å². The van der Waals surface area contributed by atoms with Crippen LogP contribution in [0.2, 0.25) is 0 Å². The second kappa shape index (κ2) is 7.39. The molecule has 2 aliphatic rings. The predicted molar refractivity (Wildman–Crippen MR) is 79.4 cm³/mol. The number of ether oxygens (including phenoxy) is 1. The highest BCUT2D eigenvalue weighted by molar-refractivity contribution is 8.13. The Labute approximate surface area is 115 Å². The van der Waals surface area contributed by atoms with Gasteiger partial charge in [0.2, 0.25) is 0 Å². The first-order valence-electron chi connectivity index (χ1n) is 7.33. The summed E-state index contributed by atoms with van der Waals surface area (Å²) < 4.78 is 5.33. The molecular formula is C14H26N2OS. The fraction of sp³-hybridized carbons (Fsp3) is 0.929. The van der Waals surface area contributed by atoms with Gasteiger partial charge in [0, 0.05) is 32.1 Å². The summed E-state index contributed by atoms with van der Waals surface area (Å²) in [4.78, 5) is 4.75. The van der Waals surface area contributed by atoms with Crippen molar-refractivity contribution in [2.24, 2.45) is 10.4 Å². The zero-order chi connectivity index (χ0) is 12.7. The minimum atomic E-state index is 0.541. The Bertz CT molecular complexity index is 275. The molecule has 0 atom stereocenters. The van der Waals surface area contributed by atoms with Gasteiger partial charge in [-0.05, 0) is 31.6 Å². The third kappa shape index (κ3) is 4.16. The van der Waals surface area contributed by atoms with Crippen LogP contribution in [0.3, 0.4) is 0 Å². The number of nitrogens with zero attached hydrogens (tertiary/aromatic N) is 1. The molecule has 0 radical (unpaired) electrons. The van der Waals surface area contributed by atoms with Gasteiger partial charge in [0.25, 0.3) is 0 Å². The van der Waals surface area contributed by atoms with Crippen LogP contribution in [0.15, 0.2) is 4.99 Å². The fourth-order valence-corrected chi connectivity index (χ4v) is 3.96. The summed E-state index contributed by atoms with van der Waals surface area (Å²) in [5.41, 5.74) is 0.541. The van der Waals surface area contributed by atoms with E-state index >= 15 is 0 Å². The van der Waals surface area contributed by atoms with E-state index in [4.69, 9.17) is 9.73 Å². The van der Waals surface area contributed by atoms with Crippen molar-refractivity contribution in [3.05, 3.63) is 0 Å². The molecule has 0 amide bonds. The molecular weight excluding hydrogens is 244 g/mol. The lowest BCUT2D eigenvalue weighted by Gasteiger charge is -2.38. The van der Waals surface area contributed by atoms with E-state index in [9.17, 15) is 0 Å². The van der Waals surface area contributed by atoms with Crippen LogP contribution < -0.4 is 5.32 Å².